The second-order valence-corrected chi connectivity index (χ2v) is 6.28. The number of carbonyl (C=O) groups is 1. The number of nitrogens with two attached hydrogens (primary N) is 1. The lowest BCUT2D eigenvalue weighted by Crippen LogP contribution is -2.50. The van der Waals surface area contributed by atoms with E-state index in [9.17, 15) is 4.79 Å². The van der Waals surface area contributed by atoms with Gasteiger partial charge < -0.3 is 15.4 Å². The van der Waals surface area contributed by atoms with Crippen LogP contribution in [-0.2, 0) is 16.0 Å². The van der Waals surface area contributed by atoms with E-state index in [1.807, 2.05) is 46.7 Å². The van der Waals surface area contributed by atoms with Crippen LogP contribution in [0.1, 0.15) is 17.2 Å². The summed E-state index contributed by atoms with van der Waals surface area (Å²) in [6.45, 7) is 1.75. The summed E-state index contributed by atoms with van der Waals surface area (Å²) in [6.07, 6.45) is 0.535. The van der Waals surface area contributed by atoms with Crippen molar-refractivity contribution in [1.82, 2.24) is 4.90 Å². The summed E-state index contributed by atoms with van der Waals surface area (Å²) in [7, 11) is 0. The molecule has 1 aliphatic rings. The minimum atomic E-state index is -0.497. The predicted octanol–water partition coefficient (Wildman–Crippen LogP) is 2.22. The molecule has 4 nitrogen and oxygen atoms in total. The van der Waals surface area contributed by atoms with E-state index in [1.165, 1.54) is 0 Å². The zero-order chi connectivity index (χ0) is 15.4. The van der Waals surface area contributed by atoms with Gasteiger partial charge in [0.25, 0.3) is 0 Å². The van der Waals surface area contributed by atoms with Crippen molar-refractivity contribution in [2.24, 2.45) is 5.73 Å². The zero-order valence-corrected chi connectivity index (χ0v) is 13.2. The molecule has 5 heteroatoms. The molecular weight excluding hydrogens is 296 g/mol. The number of morpholine rings is 1. The van der Waals surface area contributed by atoms with Crippen molar-refractivity contribution in [1.29, 1.82) is 0 Å². The van der Waals surface area contributed by atoms with E-state index in [0.29, 0.717) is 26.1 Å². The standard InChI is InChI=1S/C17H20N2O2S/c18-15(10-13-4-2-1-3-5-13)17(20)19-7-8-21-16(11-19)14-6-9-22-12-14/h1-6,9,12,15-16H,7-8,10-11,18H2/t15-,16?/m0/s1. The SMILES string of the molecule is N[C@@H](Cc1ccccc1)C(=O)N1CCOC(c2ccsc2)C1. The first kappa shape index (κ1) is 15.2. The summed E-state index contributed by atoms with van der Waals surface area (Å²) in [5.74, 6) is 0.00684. The van der Waals surface area contributed by atoms with Gasteiger partial charge in [0.1, 0.15) is 6.10 Å². The first-order chi connectivity index (χ1) is 10.7. The molecule has 0 radical (unpaired) electrons. The molecule has 116 valence electrons. The Kier molecular flexibility index (Phi) is 4.87. The average Bonchev–Trinajstić information content (AvgIpc) is 3.10. The molecule has 1 aromatic heterocycles. The van der Waals surface area contributed by atoms with Crippen molar-refractivity contribution in [2.75, 3.05) is 19.7 Å². The van der Waals surface area contributed by atoms with Crippen LogP contribution in [-0.4, -0.2) is 36.5 Å². The van der Waals surface area contributed by atoms with Crippen LogP contribution < -0.4 is 5.73 Å². The molecule has 1 aliphatic heterocycles. The molecule has 1 fully saturated rings. The Labute approximate surface area is 134 Å². The van der Waals surface area contributed by atoms with E-state index < -0.39 is 6.04 Å². The minimum Gasteiger partial charge on any atom is -0.370 e. The number of rotatable bonds is 4. The van der Waals surface area contributed by atoms with Gasteiger partial charge >= 0.3 is 0 Å². The van der Waals surface area contributed by atoms with E-state index in [4.69, 9.17) is 10.5 Å². The van der Waals surface area contributed by atoms with Crippen LogP contribution in [0.4, 0.5) is 0 Å². The van der Waals surface area contributed by atoms with Gasteiger partial charge in [-0.2, -0.15) is 11.3 Å². The van der Waals surface area contributed by atoms with Crippen molar-refractivity contribution in [3.8, 4) is 0 Å². The van der Waals surface area contributed by atoms with Crippen LogP contribution in [0.15, 0.2) is 47.2 Å². The van der Waals surface area contributed by atoms with Gasteiger partial charge in [-0.05, 0) is 34.4 Å². The van der Waals surface area contributed by atoms with Gasteiger partial charge in [0.15, 0.2) is 0 Å². The van der Waals surface area contributed by atoms with Crippen molar-refractivity contribution in [3.63, 3.8) is 0 Å². The molecule has 2 atom stereocenters. The number of carbonyl (C=O) groups excluding carboxylic acids is 1. The van der Waals surface area contributed by atoms with Crippen LogP contribution >= 0.6 is 11.3 Å². The molecule has 0 aliphatic carbocycles. The number of nitrogens with zero attached hydrogens (tertiary/aromatic N) is 1. The van der Waals surface area contributed by atoms with Crippen molar-refractivity contribution in [3.05, 3.63) is 58.3 Å². The molecule has 1 aromatic carbocycles. The Morgan fingerprint density at radius 1 is 1.36 bits per heavy atom. The maximum Gasteiger partial charge on any atom is 0.240 e. The minimum absolute atomic E-state index is 0.00684. The lowest BCUT2D eigenvalue weighted by molar-refractivity contribution is -0.140. The maximum atomic E-state index is 12.6. The van der Waals surface area contributed by atoms with Crippen molar-refractivity contribution in [2.45, 2.75) is 18.6 Å². The maximum absolute atomic E-state index is 12.6. The smallest absolute Gasteiger partial charge is 0.240 e. The van der Waals surface area contributed by atoms with Crippen LogP contribution in [0, 0.1) is 0 Å². The Bertz CT molecular complexity index is 600. The normalized spacial score (nSPS) is 19.9. The number of hydrogen-bond donors (Lipinski definition) is 1. The van der Waals surface area contributed by atoms with Crippen molar-refractivity contribution >= 4 is 17.2 Å². The molecular formula is C17H20N2O2S. The number of hydrogen-bond acceptors (Lipinski definition) is 4. The van der Waals surface area contributed by atoms with Gasteiger partial charge in [-0.25, -0.2) is 0 Å². The molecule has 2 aromatic rings. The third-order valence-electron chi connectivity index (χ3n) is 3.91. The number of thiophene rings is 1. The Morgan fingerprint density at radius 2 is 2.18 bits per heavy atom. The molecule has 0 spiro atoms. The number of amides is 1. The molecule has 0 bridgehead atoms. The fraction of sp³-hybridized carbons (Fsp3) is 0.353. The highest BCUT2D eigenvalue weighted by Gasteiger charge is 2.28. The monoisotopic (exact) mass is 316 g/mol. The first-order valence-corrected chi connectivity index (χ1v) is 8.40. The van der Waals surface area contributed by atoms with Crippen LogP contribution in [0.25, 0.3) is 0 Å². The van der Waals surface area contributed by atoms with E-state index in [1.54, 1.807) is 11.3 Å². The number of benzene rings is 1. The summed E-state index contributed by atoms with van der Waals surface area (Å²) >= 11 is 1.64. The van der Waals surface area contributed by atoms with Gasteiger partial charge in [0.05, 0.1) is 19.2 Å². The summed E-state index contributed by atoms with van der Waals surface area (Å²) in [5.41, 5.74) is 8.34. The van der Waals surface area contributed by atoms with Gasteiger partial charge in [-0.15, -0.1) is 0 Å². The van der Waals surface area contributed by atoms with Crippen LogP contribution in [0.5, 0.6) is 0 Å². The summed E-state index contributed by atoms with van der Waals surface area (Å²) in [6, 6.07) is 11.4. The highest BCUT2D eigenvalue weighted by molar-refractivity contribution is 7.07. The molecule has 3 rings (SSSR count). The highest BCUT2D eigenvalue weighted by atomic mass is 32.1. The average molecular weight is 316 g/mol. The molecule has 2 N–H and O–H groups in total. The second kappa shape index (κ2) is 7.05. The van der Waals surface area contributed by atoms with E-state index in [-0.39, 0.29) is 12.0 Å². The van der Waals surface area contributed by atoms with E-state index in [0.717, 1.165) is 11.1 Å². The fourth-order valence-electron chi connectivity index (χ4n) is 2.70. The summed E-state index contributed by atoms with van der Waals surface area (Å²) < 4.78 is 5.77. The van der Waals surface area contributed by atoms with Gasteiger partial charge in [0, 0.05) is 6.54 Å². The molecule has 22 heavy (non-hydrogen) atoms. The quantitative estimate of drug-likeness (QED) is 0.941. The second-order valence-electron chi connectivity index (χ2n) is 5.50. The van der Waals surface area contributed by atoms with Gasteiger partial charge in [0.2, 0.25) is 5.91 Å². The topological polar surface area (TPSA) is 55.6 Å². The third kappa shape index (κ3) is 3.55. The highest BCUT2D eigenvalue weighted by Crippen LogP contribution is 2.24. The molecule has 1 unspecified atom stereocenters. The lowest BCUT2D eigenvalue weighted by atomic mass is 10.0. The van der Waals surface area contributed by atoms with Crippen molar-refractivity contribution < 1.29 is 9.53 Å². The Morgan fingerprint density at radius 3 is 2.91 bits per heavy atom. The lowest BCUT2D eigenvalue weighted by Gasteiger charge is -2.34. The summed E-state index contributed by atoms with van der Waals surface area (Å²) in [5, 5.41) is 4.10. The van der Waals surface area contributed by atoms with Gasteiger partial charge in [-0.3, -0.25) is 4.79 Å². The Balaban J connectivity index is 1.61. The fourth-order valence-corrected chi connectivity index (χ4v) is 3.40. The molecule has 1 saturated heterocycles. The zero-order valence-electron chi connectivity index (χ0n) is 12.4. The largest absolute Gasteiger partial charge is 0.370 e. The third-order valence-corrected chi connectivity index (χ3v) is 4.61. The van der Waals surface area contributed by atoms with E-state index in [2.05, 4.69) is 5.38 Å². The first-order valence-electron chi connectivity index (χ1n) is 7.46. The number of ether oxygens (including phenoxy) is 1. The van der Waals surface area contributed by atoms with Crippen LogP contribution in [0.3, 0.4) is 0 Å². The van der Waals surface area contributed by atoms with Crippen LogP contribution in [0.2, 0.25) is 0 Å². The van der Waals surface area contributed by atoms with Gasteiger partial charge in [-0.1, -0.05) is 30.3 Å². The Hall–Kier alpha value is -1.69. The molecule has 1 amide bonds. The molecule has 0 saturated carbocycles. The van der Waals surface area contributed by atoms with E-state index >= 15 is 0 Å². The molecule has 2 heterocycles. The summed E-state index contributed by atoms with van der Waals surface area (Å²) in [4.78, 5) is 14.4. The predicted molar refractivity (Wildman–Crippen MR) is 87.7 cm³/mol.